The van der Waals surface area contributed by atoms with Gasteiger partial charge in [-0.15, -0.1) is 0 Å². The quantitative estimate of drug-likeness (QED) is 0.302. The van der Waals surface area contributed by atoms with E-state index in [1.165, 1.54) is 12.5 Å². The van der Waals surface area contributed by atoms with E-state index in [4.69, 9.17) is 18.9 Å². The van der Waals surface area contributed by atoms with Crippen LogP contribution < -0.4 is 9.47 Å². The van der Waals surface area contributed by atoms with Crippen LogP contribution >= 0.6 is 0 Å². The summed E-state index contributed by atoms with van der Waals surface area (Å²) in [6.07, 6.45) is 7.27. The van der Waals surface area contributed by atoms with Crippen molar-refractivity contribution in [2.24, 2.45) is 0 Å². The molecule has 0 unspecified atom stereocenters. The van der Waals surface area contributed by atoms with Crippen LogP contribution in [0.2, 0.25) is 0 Å². The summed E-state index contributed by atoms with van der Waals surface area (Å²) in [7, 11) is 0. The molecule has 0 saturated carbocycles. The van der Waals surface area contributed by atoms with Gasteiger partial charge >= 0.3 is 11.9 Å². The second-order valence-electron chi connectivity index (χ2n) is 5.90. The number of carbonyl (C=O) groups is 2. The van der Waals surface area contributed by atoms with Gasteiger partial charge in [-0.25, -0.2) is 4.79 Å². The number of hydrogen-bond donors (Lipinski definition) is 0. The third-order valence-corrected chi connectivity index (χ3v) is 3.77. The average molecular weight is 408 g/mol. The van der Waals surface area contributed by atoms with Gasteiger partial charge in [-0.1, -0.05) is 37.8 Å². The topological polar surface area (TPSA) is 71.1 Å². The number of hydrogen-bond acceptors (Lipinski definition) is 6. The molecule has 0 bridgehead atoms. The van der Waals surface area contributed by atoms with E-state index in [1.54, 1.807) is 19.1 Å². The van der Waals surface area contributed by atoms with Crippen molar-refractivity contribution in [1.29, 1.82) is 0 Å². The SMILES string of the molecule is C=CC(=O)O/C=C/COc1ccc(-c2ccc(OC/C=C/OC(=O)CC)cc2)cc1. The summed E-state index contributed by atoms with van der Waals surface area (Å²) in [6.45, 7) is 5.63. The van der Waals surface area contributed by atoms with E-state index in [0.717, 1.165) is 17.2 Å². The number of carbonyl (C=O) groups excluding carboxylic acids is 2. The molecule has 0 spiro atoms. The highest BCUT2D eigenvalue weighted by Gasteiger charge is 2.00. The predicted molar refractivity (Wildman–Crippen MR) is 114 cm³/mol. The van der Waals surface area contributed by atoms with Gasteiger partial charge < -0.3 is 18.9 Å². The first-order valence-corrected chi connectivity index (χ1v) is 9.41. The van der Waals surface area contributed by atoms with Crippen molar-refractivity contribution in [3.63, 3.8) is 0 Å². The minimum atomic E-state index is -0.513. The largest absolute Gasteiger partial charge is 0.489 e. The first kappa shape index (κ1) is 22.5. The zero-order valence-electron chi connectivity index (χ0n) is 16.8. The molecule has 0 aliphatic heterocycles. The molecular formula is C24H24O6. The maximum atomic E-state index is 11.0. The Kier molecular flexibility index (Phi) is 9.46. The minimum absolute atomic E-state index is 0.280. The zero-order valence-corrected chi connectivity index (χ0v) is 16.8. The van der Waals surface area contributed by atoms with Crippen LogP contribution in [0.25, 0.3) is 11.1 Å². The average Bonchev–Trinajstić information content (AvgIpc) is 2.79. The van der Waals surface area contributed by atoms with E-state index in [2.05, 4.69) is 6.58 Å². The summed E-state index contributed by atoms with van der Waals surface area (Å²) in [4.78, 5) is 21.9. The molecule has 2 rings (SSSR count). The fourth-order valence-electron chi connectivity index (χ4n) is 2.23. The smallest absolute Gasteiger partial charge is 0.334 e. The van der Waals surface area contributed by atoms with Gasteiger partial charge in [-0.3, -0.25) is 4.79 Å². The molecule has 156 valence electrons. The van der Waals surface area contributed by atoms with Gasteiger partial charge in [0.1, 0.15) is 24.7 Å². The van der Waals surface area contributed by atoms with Crippen molar-refractivity contribution >= 4 is 11.9 Å². The van der Waals surface area contributed by atoms with Crippen LogP contribution in [-0.2, 0) is 19.1 Å². The van der Waals surface area contributed by atoms with Crippen LogP contribution in [0.5, 0.6) is 11.5 Å². The molecule has 2 aromatic rings. The lowest BCUT2D eigenvalue weighted by molar-refractivity contribution is -0.137. The van der Waals surface area contributed by atoms with Crippen LogP contribution in [0, 0.1) is 0 Å². The van der Waals surface area contributed by atoms with Gasteiger partial charge in [-0.2, -0.15) is 0 Å². The molecule has 0 atom stereocenters. The fourth-order valence-corrected chi connectivity index (χ4v) is 2.23. The lowest BCUT2D eigenvalue weighted by Gasteiger charge is -2.07. The molecule has 0 N–H and O–H groups in total. The maximum Gasteiger partial charge on any atom is 0.334 e. The molecule has 6 nitrogen and oxygen atoms in total. The lowest BCUT2D eigenvalue weighted by atomic mass is 10.1. The highest BCUT2D eigenvalue weighted by Crippen LogP contribution is 2.24. The molecule has 0 fully saturated rings. The highest BCUT2D eigenvalue weighted by atomic mass is 16.5. The Hall–Kier alpha value is -3.80. The molecule has 0 aromatic heterocycles. The summed E-state index contributed by atoms with van der Waals surface area (Å²) >= 11 is 0. The number of ether oxygens (including phenoxy) is 4. The van der Waals surface area contributed by atoms with Crippen molar-refractivity contribution in [3.8, 4) is 22.6 Å². The molecule has 0 amide bonds. The molecule has 30 heavy (non-hydrogen) atoms. The number of benzene rings is 2. The number of esters is 2. The monoisotopic (exact) mass is 408 g/mol. The summed E-state index contributed by atoms with van der Waals surface area (Å²) in [6, 6.07) is 15.3. The standard InChI is InChI=1S/C24H24O6/c1-3-23(25)29-17-5-15-27-21-11-7-19(8-12-21)20-9-13-22(14-10-20)28-16-6-18-30-24(26)4-2/h3,5-14,17-18H,1,4,15-16H2,2H3/b17-5+,18-6+. The van der Waals surface area contributed by atoms with E-state index in [9.17, 15) is 9.59 Å². The van der Waals surface area contributed by atoms with Crippen molar-refractivity contribution < 1.29 is 28.5 Å². The normalized spacial score (nSPS) is 10.7. The summed E-state index contributed by atoms with van der Waals surface area (Å²) in [5.41, 5.74) is 2.08. The van der Waals surface area contributed by atoms with Gasteiger partial charge in [0.25, 0.3) is 0 Å². The minimum Gasteiger partial charge on any atom is -0.489 e. The van der Waals surface area contributed by atoms with Crippen LogP contribution in [0.3, 0.4) is 0 Å². The van der Waals surface area contributed by atoms with Crippen LogP contribution in [-0.4, -0.2) is 25.2 Å². The molecular weight excluding hydrogens is 384 g/mol. The Morgan fingerprint density at radius 2 is 1.27 bits per heavy atom. The van der Waals surface area contributed by atoms with E-state index in [1.807, 2.05) is 48.5 Å². The molecule has 0 heterocycles. The van der Waals surface area contributed by atoms with Crippen molar-refractivity contribution in [1.82, 2.24) is 0 Å². The first-order chi connectivity index (χ1) is 14.6. The van der Waals surface area contributed by atoms with Gasteiger partial charge in [0, 0.05) is 12.5 Å². The van der Waals surface area contributed by atoms with Gasteiger partial charge in [0.2, 0.25) is 0 Å². The Morgan fingerprint density at radius 1 is 0.800 bits per heavy atom. The van der Waals surface area contributed by atoms with E-state index in [0.29, 0.717) is 24.5 Å². The Bertz CT molecular complexity index is 879. The molecule has 6 heteroatoms. The molecule has 0 aliphatic carbocycles. The summed E-state index contributed by atoms with van der Waals surface area (Å²) in [5.74, 6) is 0.626. The second-order valence-corrected chi connectivity index (χ2v) is 5.90. The maximum absolute atomic E-state index is 11.0. The molecule has 0 saturated heterocycles. The van der Waals surface area contributed by atoms with Crippen molar-refractivity contribution in [3.05, 3.63) is 85.9 Å². The van der Waals surface area contributed by atoms with Gasteiger partial charge in [-0.05, 0) is 47.5 Å². The van der Waals surface area contributed by atoms with Crippen molar-refractivity contribution in [2.45, 2.75) is 13.3 Å². The summed E-state index contributed by atoms with van der Waals surface area (Å²) < 4.78 is 20.7. The first-order valence-electron chi connectivity index (χ1n) is 9.41. The Balaban J connectivity index is 1.80. The van der Waals surface area contributed by atoms with Crippen LogP contribution in [0.4, 0.5) is 0 Å². The summed E-state index contributed by atoms with van der Waals surface area (Å²) in [5, 5.41) is 0. The van der Waals surface area contributed by atoms with Crippen LogP contribution in [0.15, 0.2) is 85.9 Å². The van der Waals surface area contributed by atoms with E-state index >= 15 is 0 Å². The molecule has 0 radical (unpaired) electrons. The second kappa shape index (κ2) is 12.6. The fraction of sp³-hybridized carbons (Fsp3) is 0.167. The number of rotatable bonds is 11. The molecule has 2 aromatic carbocycles. The predicted octanol–water partition coefficient (Wildman–Crippen LogP) is 4.82. The van der Waals surface area contributed by atoms with E-state index < -0.39 is 5.97 Å². The Morgan fingerprint density at radius 3 is 1.70 bits per heavy atom. The van der Waals surface area contributed by atoms with Gasteiger partial charge in [0.15, 0.2) is 0 Å². The third kappa shape index (κ3) is 8.06. The third-order valence-electron chi connectivity index (χ3n) is 3.77. The Labute approximate surface area is 176 Å². The van der Waals surface area contributed by atoms with E-state index in [-0.39, 0.29) is 12.6 Å². The highest BCUT2D eigenvalue weighted by molar-refractivity contribution is 5.81. The van der Waals surface area contributed by atoms with Crippen molar-refractivity contribution in [2.75, 3.05) is 13.2 Å². The lowest BCUT2D eigenvalue weighted by Crippen LogP contribution is -1.97. The van der Waals surface area contributed by atoms with Gasteiger partial charge in [0.05, 0.1) is 12.5 Å². The van der Waals surface area contributed by atoms with Crippen LogP contribution in [0.1, 0.15) is 13.3 Å². The zero-order chi connectivity index (χ0) is 21.6. The molecule has 0 aliphatic rings.